The molecule has 2 aliphatic rings. The zero-order valence-electron chi connectivity index (χ0n) is 11.0. The number of hydrogen-bond acceptors (Lipinski definition) is 3. The number of piperazine rings is 1. The summed E-state index contributed by atoms with van der Waals surface area (Å²) in [5.74, 6) is 0.153. The van der Waals surface area contributed by atoms with E-state index in [-0.39, 0.29) is 24.4 Å². The standard InChI is InChI=1S/C14H17N3O2/c1-10-4-5-11(7-15-10)8-16-9-13(18)17-6-2-3-12(17)14(16)19/h4-5,7,12H,2-3,6,8-9H2,1H3. The topological polar surface area (TPSA) is 53.5 Å². The van der Waals surface area contributed by atoms with E-state index in [1.54, 1.807) is 16.0 Å². The molecule has 1 unspecified atom stereocenters. The third-order valence-electron chi connectivity index (χ3n) is 3.84. The molecule has 1 atom stereocenters. The number of rotatable bonds is 2. The van der Waals surface area contributed by atoms with Crippen LogP contribution in [0.3, 0.4) is 0 Å². The van der Waals surface area contributed by atoms with E-state index in [9.17, 15) is 9.59 Å². The highest BCUT2D eigenvalue weighted by Crippen LogP contribution is 2.24. The van der Waals surface area contributed by atoms with Gasteiger partial charge in [-0.05, 0) is 31.4 Å². The Kier molecular flexibility index (Phi) is 2.97. The summed E-state index contributed by atoms with van der Waals surface area (Å²) in [7, 11) is 0. The molecular weight excluding hydrogens is 242 g/mol. The quantitative estimate of drug-likeness (QED) is 0.786. The lowest BCUT2D eigenvalue weighted by atomic mass is 10.1. The van der Waals surface area contributed by atoms with Crippen molar-refractivity contribution in [3.05, 3.63) is 29.6 Å². The summed E-state index contributed by atoms with van der Waals surface area (Å²) in [4.78, 5) is 31.9. The molecule has 2 aliphatic heterocycles. The van der Waals surface area contributed by atoms with E-state index in [1.165, 1.54) is 0 Å². The Morgan fingerprint density at radius 2 is 2.21 bits per heavy atom. The first-order valence-electron chi connectivity index (χ1n) is 6.65. The molecule has 100 valence electrons. The van der Waals surface area contributed by atoms with Gasteiger partial charge in [0, 0.05) is 25.0 Å². The fourth-order valence-electron chi connectivity index (χ4n) is 2.81. The minimum atomic E-state index is -0.223. The summed E-state index contributed by atoms with van der Waals surface area (Å²) in [6, 6.07) is 3.66. The smallest absolute Gasteiger partial charge is 0.246 e. The van der Waals surface area contributed by atoms with Crippen molar-refractivity contribution in [2.24, 2.45) is 0 Å². The van der Waals surface area contributed by atoms with Crippen LogP contribution in [-0.2, 0) is 16.1 Å². The Hall–Kier alpha value is -1.91. The van der Waals surface area contributed by atoms with E-state index in [2.05, 4.69) is 4.98 Å². The van der Waals surface area contributed by atoms with Gasteiger partial charge in [0.25, 0.3) is 0 Å². The number of carbonyl (C=O) groups is 2. The van der Waals surface area contributed by atoms with Crippen molar-refractivity contribution in [1.29, 1.82) is 0 Å². The number of aromatic nitrogens is 1. The third-order valence-corrected chi connectivity index (χ3v) is 3.84. The lowest BCUT2D eigenvalue weighted by Crippen LogP contribution is -2.56. The van der Waals surface area contributed by atoms with Gasteiger partial charge in [-0.15, -0.1) is 0 Å². The van der Waals surface area contributed by atoms with Crippen molar-refractivity contribution in [3.8, 4) is 0 Å². The van der Waals surface area contributed by atoms with Crippen LogP contribution < -0.4 is 0 Å². The predicted octanol–water partition coefficient (Wildman–Crippen LogP) is 0.723. The average molecular weight is 259 g/mol. The minimum absolute atomic E-state index is 0.0715. The normalized spacial score (nSPS) is 22.9. The van der Waals surface area contributed by atoms with Gasteiger partial charge in [-0.3, -0.25) is 14.6 Å². The van der Waals surface area contributed by atoms with Crippen molar-refractivity contribution in [2.45, 2.75) is 32.4 Å². The van der Waals surface area contributed by atoms with E-state index < -0.39 is 0 Å². The molecule has 2 fully saturated rings. The molecular formula is C14H17N3O2. The molecule has 0 radical (unpaired) electrons. The Morgan fingerprint density at radius 1 is 1.37 bits per heavy atom. The van der Waals surface area contributed by atoms with Crippen LogP contribution >= 0.6 is 0 Å². The summed E-state index contributed by atoms with van der Waals surface area (Å²) >= 11 is 0. The minimum Gasteiger partial charge on any atom is -0.329 e. The summed E-state index contributed by atoms with van der Waals surface area (Å²) < 4.78 is 0. The first-order chi connectivity index (χ1) is 9.15. The molecule has 0 bridgehead atoms. The molecule has 5 nitrogen and oxygen atoms in total. The van der Waals surface area contributed by atoms with Crippen LogP contribution in [0, 0.1) is 6.92 Å². The van der Waals surface area contributed by atoms with Gasteiger partial charge in [-0.25, -0.2) is 0 Å². The van der Waals surface area contributed by atoms with Gasteiger partial charge in [-0.1, -0.05) is 6.07 Å². The highest BCUT2D eigenvalue weighted by Gasteiger charge is 2.41. The first-order valence-corrected chi connectivity index (χ1v) is 6.65. The maximum atomic E-state index is 12.3. The Labute approximate surface area is 112 Å². The molecule has 0 N–H and O–H groups in total. The monoisotopic (exact) mass is 259 g/mol. The first kappa shape index (κ1) is 12.1. The summed E-state index contributed by atoms with van der Waals surface area (Å²) in [6.45, 7) is 3.33. The Bertz CT molecular complexity index is 512. The van der Waals surface area contributed by atoms with Gasteiger partial charge in [0.2, 0.25) is 11.8 Å². The molecule has 0 saturated carbocycles. The van der Waals surface area contributed by atoms with Gasteiger partial charge in [0.15, 0.2) is 0 Å². The van der Waals surface area contributed by atoms with Crippen LogP contribution in [0.4, 0.5) is 0 Å². The van der Waals surface area contributed by atoms with Gasteiger partial charge in [0.1, 0.15) is 12.6 Å². The van der Waals surface area contributed by atoms with Crippen LogP contribution in [0.5, 0.6) is 0 Å². The number of aryl methyl sites for hydroxylation is 1. The second-order valence-electron chi connectivity index (χ2n) is 5.25. The average Bonchev–Trinajstić information content (AvgIpc) is 2.88. The maximum absolute atomic E-state index is 12.3. The van der Waals surface area contributed by atoms with E-state index in [4.69, 9.17) is 0 Å². The van der Waals surface area contributed by atoms with Crippen LogP contribution in [0.1, 0.15) is 24.1 Å². The van der Waals surface area contributed by atoms with E-state index in [0.717, 1.165) is 30.6 Å². The lowest BCUT2D eigenvalue weighted by molar-refractivity contribution is -0.154. The number of pyridine rings is 1. The zero-order chi connectivity index (χ0) is 13.4. The number of fused-ring (bicyclic) bond motifs is 1. The summed E-state index contributed by atoms with van der Waals surface area (Å²) in [6.07, 6.45) is 3.50. The van der Waals surface area contributed by atoms with Crippen LogP contribution in [0.25, 0.3) is 0 Å². The second kappa shape index (κ2) is 4.64. The molecule has 0 aromatic carbocycles. The molecule has 0 aliphatic carbocycles. The van der Waals surface area contributed by atoms with Gasteiger partial charge < -0.3 is 9.80 Å². The molecule has 5 heteroatoms. The fraction of sp³-hybridized carbons (Fsp3) is 0.500. The largest absolute Gasteiger partial charge is 0.329 e. The summed E-state index contributed by atoms with van der Waals surface area (Å²) in [5, 5.41) is 0. The second-order valence-corrected chi connectivity index (χ2v) is 5.25. The molecule has 2 saturated heterocycles. The van der Waals surface area contributed by atoms with Gasteiger partial charge in [0.05, 0.1) is 0 Å². The van der Waals surface area contributed by atoms with Crippen LogP contribution in [-0.4, -0.2) is 45.7 Å². The summed E-state index contributed by atoms with van der Waals surface area (Å²) in [5.41, 5.74) is 1.92. The zero-order valence-corrected chi connectivity index (χ0v) is 11.0. The Balaban J connectivity index is 1.76. The van der Waals surface area contributed by atoms with E-state index in [1.807, 2.05) is 19.1 Å². The molecule has 1 aromatic rings. The van der Waals surface area contributed by atoms with Gasteiger partial charge >= 0.3 is 0 Å². The molecule has 1 aromatic heterocycles. The molecule has 3 heterocycles. The lowest BCUT2D eigenvalue weighted by Gasteiger charge is -2.36. The number of nitrogens with zero attached hydrogens (tertiary/aromatic N) is 3. The number of hydrogen-bond donors (Lipinski definition) is 0. The predicted molar refractivity (Wildman–Crippen MR) is 69.1 cm³/mol. The molecule has 19 heavy (non-hydrogen) atoms. The van der Waals surface area contributed by atoms with Crippen molar-refractivity contribution < 1.29 is 9.59 Å². The molecule has 3 rings (SSSR count). The van der Waals surface area contributed by atoms with E-state index >= 15 is 0 Å². The van der Waals surface area contributed by atoms with Crippen molar-refractivity contribution in [2.75, 3.05) is 13.1 Å². The Morgan fingerprint density at radius 3 is 2.95 bits per heavy atom. The third kappa shape index (κ3) is 2.20. The van der Waals surface area contributed by atoms with Crippen molar-refractivity contribution in [1.82, 2.24) is 14.8 Å². The number of carbonyl (C=O) groups excluding carboxylic acids is 2. The van der Waals surface area contributed by atoms with Crippen LogP contribution in [0.15, 0.2) is 18.3 Å². The van der Waals surface area contributed by atoms with Crippen LogP contribution in [0.2, 0.25) is 0 Å². The van der Waals surface area contributed by atoms with Gasteiger partial charge in [-0.2, -0.15) is 0 Å². The highest BCUT2D eigenvalue weighted by molar-refractivity contribution is 5.95. The number of amides is 2. The SMILES string of the molecule is Cc1ccc(CN2CC(=O)N3CCCC3C2=O)cn1. The highest BCUT2D eigenvalue weighted by atomic mass is 16.2. The maximum Gasteiger partial charge on any atom is 0.246 e. The fourth-order valence-corrected chi connectivity index (χ4v) is 2.81. The molecule has 0 spiro atoms. The van der Waals surface area contributed by atoms with Crippen molar-refractivity contribution >= 4 is 11.8 Å². The van der Waals surface area contributed by atoms with Crippen molar-refractivity contribution in [3.63, 3.8) is 0 Å². The molecule has 2 amide bonds. The van der Waals surface area contributed by atoms with E-state index in [0.29, 0.717) is 6.54 Å².